The quantitative estimate of drug-likeness (QED) is 0.820. The zero-order chi connectivity index (χ0) is 12.5. The van der Waals surface area contributed by atoms with Gasteiger partial charge in [0.05, 0.1) is 15.7 Å². The molecule has 0 fully saturated rings. The number of primary amides is 1. The zero-order valence-corrected chi connectivity index (χ0v) is 9.22. The molecule has 0 spiro atoms. The summed E-state index contributed by atoms with van der Waals surface area (Å²) in [7, 11) is 0. The Hall–Kier alpha value is -1.44. The van der Waals surface area contributed by atoms with Crippen LogP contribution in [0.5, 0.6) is 5.75 Å². The van der Waals surface area contributed by atoms with Gasteiger partial charge in [0.25, 0.3) is 5.91 Å². The van der Waals surface area contributed by atoms with Gasteiger partial charge in [0, 0.05) is 0 Å². The van der Waals surface area contributed by atoms with E-state index in [4.69, 9.17) is 11.5 Å². The van der Waals surface area contributed by atoms with Crippen LogP contribution in [0.4, 0.5) is 18.9 Å². The SMILES string of the molecule is NC(=O)c1ccc(Br)c(OC(F)(F)F)c1N. The van der Waals surface area contributed by atoms with E-state index in [9.17, 15) is 18.0 Å². The van der Waals surface area contributed by atoms with E-state index in [1.807, 2.05) is 0 Å². The van der Waals surface area contributed by atoms with Gasteiger partial charge in [0.15, 0.2) is 5.75 Å². The van der Waals surface area contributed by atoms with Crippen LogP contribution in [0, 0.1) is 0 Å². The van der Waals surface area contributed by atoms with E-state index < -0.39 is 23.7 Å². The molecular formula is C8H6BrF3N2O2. The van der Waals surface area contributed by atoms with Crippen LogP contribution in [0.25, 0.3) is 0 Å². The molecule has 1 aromatic carbocycles. The number of rotatable bonds is 2. The molecule has 0 aliphatic heterocycles. The Labute approximate surface area is 96.5 Å². The van der Waals surface area contributed by atoms with Crippen LogP contribution in [0.15, 0.2) is 16.6 Å². The van der Waals surface area contributed by atoms with Crippen LogP contribution >= 0.6 is 15.9 Å². The lowest BCUT2D eigenvalue weighted by Crippen LogP contribution is -2.20. The predicted molar refractivity (Wildman–Crippen MR) is 53.8 cm³/mol. The molecule has 0 aliphatic carbocycles. The first-order valence-electron chi connectivity index (χ1n) is 3.86. The van der Waals surface area contributed by atoms with Crippen molar-refractivity contribution in [2.45, 2.75) is 6.36 Å². The number of nitrogen functional groups attached to an aromatic ring is 1. The summed E-state index contributed by atoms with van der Waals surface area (Å²) in [6.45, 7) is 0. The van der Waals surface area contributed by atoms with Crippen molar-refractivity contribution < 1.29 is 22.7 Å². The van der Waals surface area contributed by atoms with Crippen molar-refractivity contribution >= 4 is 27.5 Å². The minimum Gasteiger partial charge on any atom is -0.402 e. The topological polar surface area (TPSA) is 78.3 Å². The van der Waals surface area contributed by atoms with Crippen molar-refractivity contribution in [1.82, 2.24) is 0 Å². The normalized spacial score (nSPS) is 11.2. The van der Waals surface area contributed by atoms with Gasteiger partial charge in [-0.2, -0.15) is 0 Å². The Kier molecular flexibility index (Phi) is 3.32. The van der Waals surface area contributed by atoms with Crippen LogP contribution in [0.3, 0.4) is 0 Å². The molecule has 1 amide bonds. The van der Waals surface area contributed by atoms with Gasteiger partial charge < -0.3 is 16.2 Å². The molecule has 0 saturated carbocycles. The molecule has 0 unspecified atom stereocenters. The van der Waals surface area contributed by atoms with Gasteiger partial charge in [0.2, 0.25) is 0 Å². The standard InChI is InChI=1S/C8H6BrF3N2O2/c9-4-2-1-3(7(14)15)5(13)6(4)16-8(10,11)12/h1-2H,13H2,(H2,14,15). The molecule has 0 atom stereocenters. The maximum absolute atomic E-state index is 12.0. The third-order valence-electron chi connectivity index (χ3n) is 1.63. The maximum atomic E-state index is 12.0. The van der Waals surface area contributed by atoms with Crippen molar-refractivity contribution in [2.24, 2.45) is 5.73 Å². The van der Waals surface area contributed by atoms with Gasteiger partial charge in [-0.25, -0.2) is 0 Å². The largest absolute Gasteiger partial charge is 0.573 e. The highest BCUT2D eigenvalue weighted by molar-refractivity contribution is 9.10. The minimum atomic E-state index is -4.90. The summed E-state index contributed by atoms with van der Waals surface area (Å²) in [5, 5.41) is 0. The van der Waals surface area contributed by atoms with Gasteiger partial charge in [-0.15, -0.1) is 13.2 Å². The number of benzene rings is 1. The molecular weight excluding hydrogens is 293 g/mol. The molecule has 4 nitrogen and oxygen atoms in total. The monoisotopic (exact) mass is 298 g/mol. The Bertz CT molecular complexity index is 434. The second-order valence-corrected chi connectivity index (χ2v) is 3.60. The fourth-order valence-electron chi connectivity index (χ4n) is 1.01. The van der Waals surface area contributed by atoms with Crippen molar-refractivity contribution in [2.75, 3.05) is 5.73 Å². The lowest BCUT2D eigenvalue weighted by molar-refractivity contribution is -0.274. The number of hydrogen-bond donors (Lipinski definition) is 2. The summed E-state index contributed by atoms with van der Waals surface area (Å²) in [5.41, 5.74) is 9.57. The highest BCUT2D eigenvalue weighted by Crippen LogP contribution is 2.37. The van der Waals surface area contributed by atoms with E-state index >= 15 is 0 Å². The predicted octanol–water partition coefficient (Wildman–Crippen LogP) is 2.03. The van der Waals surface area contributed by atoms with Crippen LogP contribution < -0.4 is 16.2 Å². The molecule has 16 heavy (non-hydrogen) atoms. The number of ether oxygens (including phenoxy) is 1. The van der Waals surface area contributed by atoms with Gasteiger partial charge in [-0.1, -0.05) is 0 Å². The summed E-state index contributed by atoms with van der Waals surface area (Å²) in [5.74, 6) is -1.61. The Morgan fingerprint density at radius 1 is 1.38 bits per heavy atom. The number of hydrogen-bond acceptors (Lipinski definition) is 3. The van der Waals surface area contributed by atoms with Crippen LogP contribution in [0.1, 0.15) is 10.4 Å². The zero-order valence-electron chi connectivity index (χ0n) is 7.64. The number of anilines is 1. The number of alkyl halides is 3. The van der Waals surface area contributed by atoms with E-state index in [2.05, 4.69) is 20.7 Å². The smallest absolute Gasteiger partial charge is 0.402 e. The first-order chi connectivity index (χ1) is 7.22. The van der Waals surface area contributed by atoms with Crippen LogP contribution in [0.2, 0.25) is 0 Å². The third-order valence-corrected chi connectivity index (χ3v) is 2.26. The molecule has 0 aliphatic rings. The van der Waals surface area contributed by atoms with Crippen molar-refractivity contribution in [1.29, 1.82) is 0 Å². The summed E-state index contributed by atoms with van der Waals surface area (Å²) in [6, 6.07) is 2.39. The van der Waals surface area contributed by atoms with E-state index in [1.54, 1.807) is 0 Å². The number of halogens is 4. The molecule has 8 heteroatoms. The minimum absolute atomic E-state index is 0.0210. The van der Waals surface area contributed by atoms with Gasteiger partial charge >= 0.3 is 6.36 Å². The maximum Gasteiger partial charge on any atom is 0.573 e. The van der Waals surface area contributed by atoms with Crippen molar-refractivity contribution in [3.63, 3.8) is 0 Å². The summed E-state index contributed by atoms with van der Waals surface area (Å²) in [4.78, 5) is 10.8. The number of nitrogens with two attached hydrogens (primary N) is 2. The van der Waals surface area contributed by atoms with Gasteiger partial charge in [0.1, 0.15) is 0 Å². The number of carbonyl (C=O) groups excluding carboxylic acids is 1. The summed E-state index contributed by atoms with van der Waals surface area (Å²) < 4.78 is 39.7. The molecule has 0 heterocycles. The average molecular weight is 299 g/mol. The van der Waals surface area contributed by atoms with E-state index in [0.717, 1.165) is 0 Å². The molecule has 0 radical (unpaired) electrons. The third kappa shape index (κ3) is 2.78. The highest BCUT2D eigenvalue weighted by atomic mass is 79.9. The molecule has 0 bridgehead atoms. The summed E-state index contributed by atoms with van der Waals surface area (Å²) >= 11 is 2.83. The molecule has 0 aromatic heterocycles. The molecule has 1 aromatic rings. The van der Waals surface area contributed by atoms with Gasteiger partial charge in [-0.3, -0.25) is 4.79 Å². The van der Waals surface area contributed by atoms with E-state index in [-0.39, 0.29) is 10.0 Å². The second kappa shape index (κ2) is 4.20. The van der Waals surface area contributed by atoms with Crippen molar-refractivity contribution in [3.8, 4) is 5.75 Å². The van der Waals surface area contributed by atoms with Gasteiger partial charge in [-0.05, 0) is 28.1 Å². The lowest BCUT2D eigenvalue weighted by Gasteiger charge is -2.14. The number of amides is 1. The van der Waals surface area contributed by atoms with Crippen LogP contribution in [-0.4, -0.2) is 12.3 Å². The fraction of sp³-hybridized carbons (Fsp3) is 0.125. The Morgan fingerprint density at radius 3 is 2.38 bits per heavy atom. The molecule has 4 N–H and O–H groups in total. The second-order valence-electron chi connectivity index (χ2n) is 2.75. The first-order valence-corrected chi connectivity index (χ1v) is 4.65. The molecule has 88 valence electrons. The molecule has 0 saturated heterocycles. The highest BCUT2D eigenvalue weighted by Gasteiger charge is 2.33. The summed E-state index contributed by atoms with van der Waals surface area (Å²) in [6.07, 6.45) is -4.90. The van der Waals surface area contributed by atoms with E-state index in [1.165, 1.54) is 12.1 Å². The number of carbonyl (C=O) groups is 1. The average Bonchev–Trinajstić information content (AvgIpc) is 2.10. The van der Waals surface area contributed by atoms with Crippen LogP contribution in [-0.2, 0) is 0 Å². The Balaban J connectivity index is 3.27. The molecule has 1 rings (SSSR count). The van der Waals surface area contributed by atoms with Crippen molar-refractivity contribution in [3.05, 3.63) is 22.2 Å². The fourth-order valence-corrected chi connectivity index (χ4v) is 1.43. The van der Waals surface area contributed by atoms with E-state index in [0.29, 0.717) is 0 Å². The lowest BCUT2D eigenvalue weighted by atomic mass is 10.1. The first kappa shape index (κ1) is 12.6. The Morgan fingerprint density at radius 2 is 1.94 bits per heavy atom.